The van der Waals surface area contributed by atoms with Crippen molar-refractivity contribution in [1.29, 1.82) is 0 Å². The average Bonchev–Trinajstić information content (AvgIpc) is 3.36. The number of benzene rings is 3. The molecule has 0 atom stereocenters. The Morgan fingerprint density at radius 2 is 1.58 bits per heavy atom. The van der Waals surface area contributed by atoms with E-state index < -0.39 is 5.97 Å². The van der Waals surface area contributed by atoms with Crippen LogP contribution in [0.3, 0.4) is 0 Å². The average molecular weight is 543 g/mol. The lowest BCUT2D eigenvalue weighted by molar-refractivity contribution is 0.0603. The molecular formula is C30H23ClN2O4S. The molecule has 8 heteroatoms. The first-order chi connectivity index (χ1) is 18.4. The number of thiophene rings is 1. The maximum absolute atomic E-state index is 13.9. The van der Waals surface area contributed by atoms with E-state index in [-0.39, 0.29) is 5.91 Å². The number of methoxy groups -OCH3 is 2. The van der Waals surface area contributed by atoms with Crippen LogP contribution in [0.5, 0.6) is 5.75 Å². The van der Waals surface area contributed by atoms with E-state index >= 15 is 0 Å². The smallest absolute Gasteiger partial charge is 0.341 e. The van der Waals surface area contributed by atoms with Gasteiger partial charge in [-0.2, -0.15) is 0 Å². The van der Waals surface area contributed by atoms with Crippen molar-refractivity contribution in [3.63, 3.8) is 0 Å². The third-order valence-corrected chi connectivity index (χ3v) is 7.44. The molecule has 38 heavy (non-hydrogen) atoms. The van der Waals surface area contributed by atoms with Gasteiger partial charge in [-0.25, -0.2) is 9.78 Å². The second kappa shape index (κ2) is 10.7. The molecule has 0 radical (unpaired) electrons. The Kier molecular flexibility index (Phi) is 7.13. The molecule has 6 nitrogen and oxygen atoms in total. The van der Waals surface area contributed by atoms with Crippen molar-refractivity contribution in [2.45, 2.75) is 6.92 Å². The van der Waals surface area contributed by atoms with Gasteiger partial charge in [0.25, 0.3) is 5.91 Å². The van der Waals surface area contributed by atoms with E-state index in [0.717, 1.165) is 22.4 Å². The number of pyridine rings is 1. The molecule has 3 aromatic carbocycles. The number of esters is 1. The van der Waals surface area contributed by atoms with Gasteiger partial charge in [-0.1, -0.05) is 41.9 Å². The van der Waals surface area contributed by atoms with Crippen LogP contribution < -0.4 is 10.1 Å². The van der Waals surface area contributed by atoms with Gasteiger partial charge in [0.05, 0.1) is 31.0 Å². The van der Waals surface area contributed by atoms with Gasteiger partial charge in [0.1, 0.15) is 16.3 Å². The summed E-state index contributed by atoms with van der Waals surface area (Å²) in [5.41, 5.74) is 5.19. The minimum absolute atomic E-state index is 0.291. The summed E-state index contributed by atoms with van der Waals surface area (Å²) in [5.74, 6) is -0.151. The molecule has 1 N–H and O–H groups in total. The van der Waals surface area contributed by atoms with E-state index in [0.29, 0.717) is 43.3 Å². The minimum atomic E-state index is -0.540. The van der Waals surface area contributed by atoms with Gasteiger partial charge >= 0.3 is 5.97 Å². The summed E-state index contributed by atoms with van der Waals surface area (Å²) in [7, 11) is 2.93. The van der Waals surface area contributed by atoms with Crippen molar-refractivity contribution in [2.24, 2.45) is 0 Å². The fourth-order valence-corrected chi connectivity index (χ4v) is 5.47. The van der Waals surface area contributed by atoms with Crippen LogP contribution in [0.15, 0.2) is 78.2 Å². The number of hydrogen-bond donors (Lipinski definition) is 1. The third kappa shape index (κ3) is 4.74. The molecule has 0 bridgehead atoms. The zero-order valence-corrected chi connectivity index (χ0v) is 22.4. The maximum atomic E-state index is 13.9. The van der Waals surface area contributed by atoms with E-state index in [2.05, 4.69) is 5.32 Å². The summed E-state index contributed by atoms with van der Waals surface area (Å²) in [6, 6.07) is 22.2. The Bertz CT molecular complexity index is 1660. The molecule has 5 aromatic rings. The highest BCUT2D eigenvalue weighted by atomic mass is 35.5. The second-order valence-corrected chi connectivity index (χ2v) is 9.83. The van der Waals surface area contributed by atoms with Crippen LogP contribution in [0.4, 0.5) is 5.00 Å². The summed E-state index contributed by atoms with van der Waals surface area (Å²) in [4.78, 5) is 31.6. The van der Waals surface area contributed by atoms with Gasteiger partial charge in [-0.15, -0.1) is 11.3 Å². The Hall–Kier alpha value is -4.20. The molecule has 0 aliphatic carbocycles. The highest BCUT2D eigenvalue weighted by Gasteiger charge is 2.25. The minimum Gasteiger partial charge on any atom is -0.497 e. The highest BCUT2D eigenvalue weighted by Crippen LogP contribution is 2.38. The topological polar surface area (TPSA) is 77.5 Å². The zero-order chi connectivity index (χ0) is 26.8. The normalized spacial score (nSPS) is 10.8. The fraction of sp³-hybridized carbons (Fsp3) is 0.100. The van der Waals surface area contributed by atoms with E-state index in [1.807, 2.05) is 73.0 Å². The van der Waals surface area contributed by atoms with E-state index in [4.69, 9.17) is 26.1 Å². The number of nitrogens with one attached hydrogen (secondary N) is 1. The van der Waals surface area contributed by atoms with Gasteiger partial charge in [0.15, 0.2) is 0 Å². The maximum Gasteiger partial charge on any atom is 0.341 e. The van der Waals surface area contributed by atoms with Crippen LogP contribution >= 0.6 is 22.9 Å². The number of anilines is 1. The van der Waals surface area contributed by atoms with Gasteiger partial charge < -0.3 is 14.8 Å². The van der Waals surface area contributed by atoms with E-state index in [9.17, 15) is 9.59 Å². The van der Waals surface area contributed by atoms with Gasteiger partial charge in [0, 0.05) is 26.9 Å². The number of fused-ring (bicyclic) bond motifs is 1. The van der Waals surface area contributed by atoms with Gasteiger partial charge in [0.2, 0.25) is 0 Å². The molecule has 0 unspecified atom stereocenters. The quantitative estimate of drug-likeness (QED) is 0.223. The van der Waals surface area contributed by atoms with Crippen LogP contribution in [0.1, 0.15) is 26.3 Å². The monoisotopic (exact) mass is 542 g/mol. The molecule has 0 saturated carbocycles. The third-order valence-electron chi connectivity index (χ3n) is 6.29. The highest BCUT2D eigenvalue weighted by molar-refractivity contribution is 7.15. The summed E-state index contributed by atoms with van der Waals surface area (Å²) >= 11 is 7.31. The van der Waals surface area contributed by atoms with E-state index in [1.54, 1.807) is 19.2 Å². The summed E-state index contributed by atoms with van der Waals surface area (Å²) in [6.45, 7) is 1.88. The number of aromatic nitrogens is 1. The van der Waals surface area contributed by atoms with Gasteiger partial charge in [-0.05, 0) is 60.5 Å². The molecular weight excluding hydrogens is 520 g/mol. The lowest BCUT2D eigenvalue weighted by atomic mass is 9.97. The standard InChI is InChI=1S/C30H23ClN2O4S/c1-17-25(22-6-4-5-7-24(22)32-27(17)19-10-14-21(36-2)15-11-19)28(34)33-29-26(30(35)37-3)23(16-38-29)18-8-12-20(31)13-9-18/h4-16H,1-3H3,(H,33,34). The number of amides is 1. The van der Waals surface area contributed by atoms with Crippen LogP contribution in [0.25, 0.3) is 33.3 Å². The van der Waals surface area contributed by atoms with Crippen molar-refractivity contribution in [2.75, 3.05) is 19.5 Å². The Morgan fingerprint density at radius 3 is 2.26 bits per heavy atom. The van der Waals surface area contributed by atoms with Crippen molar-refractivity contribution in [3.05, 3.63) is 99.9 Å². The number of nitrogens with zero attached hydrogens (tertiary/aromatic N) is 1. The molecule has 0 spiro atoms. The number of para-hydroxylation sites is 1. The molecule has 0 fully saturated rings. The number of halogens is 1. The first-order valence-corrected chi connectivity index (χ1v) is 13.0. The van der Waals surface area contributed by atoms with Crippen molar-refractivity contribution in [1.82, 2.24) is 4.98 Å². The lowest BCUT2D eigenvalue weighted by Gasteiger charge is -2.15. The number of ether oxygens (including phenoxy) is 2. The van der Waals surface area contributed by atoms with Crippen LogP contribution in [-0.4, -0.2) is 31.1 Å². The molecule has 0 aliphatic rings. The molecule has 5 rings (SSSR count). The Morgan fingerprint density at radius 1 is 0.895 bits per heavy atom. The molecule has 1 amide bonds. The molecule has 0 aliphatic heterocycles. The number of hydrogen-bond acceptors (Lipinski definition) is 6. The number of carbonyl (C=O) groups excluding carboxylic acids is 2. The Labute approximate surface area is 228 Å². The predicted molar refractivity (Wildman–Crippen MR) is 153 cm³/mol. The number of rotatable bonds is 6. The summed E-state index contributed by atoms with van der Waals surface area (Å²) in [5, 5.41) is 6.51. The van der Waals surface area contributed by atoms with Crippen LogP contribution in [0, 0.1) is 6.92 Å². The van der Waals surface area contributed by atoms with E-state index in [1.165, 1.54) is 18.4 Å². The lowest BCUT2D eigenvalue weighted by Crippen LogP contribution is -2.17. The molecule has 2 aromatic heterocycles. The second-order valence-electron chi connectivity index (χ2n) is 8.51. The fourth-order valence-electron chi connectivity index (χ4n) is 4.39. The van der Waals surface area contributed by atoms with Crippen molar-refractivity contribution >= 4 is 50.7 Å². The molecule has 2 heterocycles. The van der Waals surface area contributed by atoms with Crippen molar-refractivity contribution < 1.29 is 19.1 Å². The number of carbonyl (C=O) groups is 2. The van der Waals surface area contributed by atoms with Crippen molar-refractivity contribution in [3.8, 4) is 28.1 Å². The van der Waals surface area contributed by atoms with Crippen LogP contribution in [-0.2, 0) is 4.74 Å². The predicted octanol–water partition coefficient (Wildman–Crippen LogP) is 7.64. The summed E-state index contributed by atoms with van der Waals surface area (Å²) in [6.07, 6.45) is 0. The zero-order valence-electron chi connectivity index (χ0n) is 20.9. The first kappa shape index (κ1) is 25.4. The summed E-state index contributed by atoms with van der Waals surface area (Å²) < 4.78 is 10.4. The SMILES string of the molecule is COC(=O)c1c(-c2ccc(Cl)cc2)csc1NC(=O)c1c(C)c(-c2ccc(OC)cc2)nc2ccccc12. The van der Waals surface area contributed by atoms with Crippen LogP contribution in [0.2, 0.25) is 5.02 Å². The first-order valence-electron chi connectivity index (χ1n) is 11.7. The molecule has 190 valence electrons. The van der Waals surface area contributed by atoms with Gasteiger partial charge in [-0.3, -0.25) is 4.79 Å². The molecule has 0 saturated heterocycles. The largest absolute Gasteiger partial charge is 0.497 e. The Balaban J connectivity index is 1.61.